The van der Waals surface area contributed by atoms with Crippen molar-refractivity contribution in [1.29, 1.82) is 0 Å². The number of carbonyl (C=O) groups excluding carboxylic acids is 1. The second-order valence-electron chi connectivity index (χ2n) is 6.64. The molecule has 0 spiro atoms. The fraction of sp³-hybridized carbons (Fsp3) is 0.300. The number of fused-ring (bicyclic) bond motifs is 1. The van der Waals surface area contributed by atoms with E-state index in [0.717, 1.165) is 27.9 Å². The van der Waals surface area contributed by atoms with E-state index in [0.29, 0.717) is 24.6 Å². The molecule has 130 valence electrons. The number of nitrogens with zero attached hydrogens (tertiary/aromatic N) is 2. The predicted molar refractivity (Wildman–Crippen MR) is 102 cm³/mol. The topological polar surface area (TPSA) is 46.9 Å². The van der Waals surface area contributed by atoms with Gasteiger partial charge in [0, 0.05) is 22.5 Å². The van der Waals surface area contributed by atoms with Crippen LogP contribution in [0.5, 0.6) is 0 Å². The molecule has 3 aromatic rings. The van der Waals surface area contributed by atoms with E-state index in [1.807, 2.05) is 53.3 Å². The molecule has 0 radical (unpaired) electrons. The second kappa shape index (κ2) is 7.70. The van der Waals surface area contributed by atoms with Gasteiger partial charge in [-0.15, -0.1) is 0 Å². The zero-order chi connectivity index (χ0) is 17.8. The maximum Gasteiger partial charge on any atom is 0.251 e. The van der Waals surface area contributed by atoms with E-state index in [9.17, 15) is 4.79 Å². The Kier molecular flexibility index (Phi) is 5.39. The van der Waals surface area contributed by atoms with Gasteiger partial charge in [0.15, 0.2) is 0 Å². The van der Waals surface area contributed by atoms with Crippen molar-refractivity contribution in [3.63, 3.8) is 0 Å². The van der Waals surface area contributed by atoms with Crippen LogP contribution in [-0.4, -0.2) is 22.2 Å². The van der Waals surface area contributed by atoms with Crippen LogP contribution in [0.1, 0.15) is 36.2 Å². The van der Waals surface area contributed by atoms with Gasteiger partial charge in [-0.2, -0.15) is 5.10 Å². The van der Waals surface area contributed by atoms with E-state index in [4.69, 9.17) is 11.6 Å². The summed E-state index contributed by atoms with van der Waals surface area (Å²) in [5.74, 6) is 0.533. The minimum absolute atomic E-state index is 0.0400. The highest BCUT2D eigenvalue weighted by atomic mass is 35.5. The summed E-state index contributed by atoms with van der Waals surface area (Å²) in [5, 5.41) is 9.17. The Morgan fingerprint density at radius 3 is 2.68 bits per heavy atom. The van der Waals surface area contributed by atoms with Gasteiger partial charge in [0.05, 0.1) is 18.3 Å². The Bertz CT molecular complexity index is 868. The van der Waals surface area contributed by atoms with Crippen molar-refractivity contribution in [2.45, 2.75) is 26.8 Å². The molecule has 1 aromatic heterocycles. The first-order valence-electron chi connectivity index (χ1n) is 8.51. The molecule has 3 rings (SSSR count). The van der Waals surface area contributed by atoms with Crippen molar-refractivity contribution >= 4 is 28.4 Å². The first kappa shape index (κ1) is 17.5. The zero-order valence-electron chi connectivity index (χ0n) is 14.5. The van der Waals surface area contributed by atoms with Crippen molar-refractivity contribution < 1.29 is 4.79 Å². The smallest absolute Gasteiger partial charge is 0.251 e. The molecule has 1 heterocycles. The quantitative estimate of drug-likeness (QED) is 0.707. The summed E-state index contributed by atoms with van der Waals surface area (Å²) in [5.41, 5.74) is 2.72. The molecule has 0 fully saturated rings. The molecule has 4 nitrogen and oxygen atoms in total. The molecule has 0 saturated heterocycles. The highest BCUT2D eigenvalue weighted by Gasteiger charge is 2.10. The highest BCUT2D eigenvalue weighted by Crippen LogP contribution is 2.18. The Balaban J connectivity index is 1.79. The van der Waals surface area contributed by atoms with E-state index in [2.05, 4.69) is 24.3 Å². The van der Waals surface area contributed by atoms with Gasteiger partial charge < -0.3 is 5.32 Å². The van der Waals surface area contributed by atoms with Crippen molar-refractivity contribution in [3.8, 4) is 0 Å². The van der Waals surface area contributed by atoms with Gasteiger partial charge in [-0.1, -0.05) is 43.6 Å². The number of hydrogen-bond donors (Lipinski definition) is 1. The van der Waals surface area contributed by atoms with Crippen molar-refractivity contribution in [1.82, 2.24) is 15.1 Å². The highest BCUT2D eigenvalue weighted by molar-refractivity contribution is 6.30. The van der Waals surface area contributed by atoms with Crippen molar-refractivity contribution in [3.05, 3.63) is 64.8 Å². The summed E-state index contributed by atoms with van der Waals surface area (Å²) >= 11 is 5.94. The molecule has 0 aliphatic rings. The maximum atomic E-state index is 12.3. The second-order valence-corrected chi connectivity index (χ2v) is 7.08. The predicted octanol–water partition coefficient (Wildman–Crippen LogP) is 4.51. The fourth-order valence-electron chi connectivity index (χ4n) is 2.68. The van der Waals surface area contributed by atoms with Crippen LogP contribution >= 0.6 is 11.6 Å². The van der Waals surface area contributed by atoms with E-state index < -0.39 is 0 Å². The number of halogens is 1. The average molecular weight is 356 g/mol. The minimum Gasteiger partial charge on any atom is -0.352 e. The fourth-order valence-corrected chi connectivity index (χ4v) is 2.80. The van der Waals surface area contributed by atoms with Crippen LogP contribution < -0.4 is 5.32 Å². The van der Waals surface area contributed by atoms with Gasteiger partial charge in [0.25, 0.3) is 5.91 Å². The maximum absolute atomic E-state index is 12.3. The molecular formula is C20H22ClN3O. The number of aromatic nitrogens is 2. The van der Waals surface area contributed by atoms with E-state index in [1.165, 1.54) is 0 Å². The van der Waals surface area contributed by atoms with E-state index in [-0.39, 0.29) is 5.91 Å². The number of rotatable bonds is 6. The van der Waals surface area contributed by atoms with Gasteiger partial charge in [-0.05, 0) is 42.2 Å². The minimum atomic E-state index is -0.0400. The Morgan fingerprint density at radius 1 is 1.20 bits per heavy atom. The molecular weight excluding hydrogens is 334 g/mol. The summed E-state index contributed by atoms with van der Waals surface area (Å²) in [6.45, 7) is 5.62. The molecule has 0 atom stereocenters. The van der Waals surface area contributed by atoms with Gasteiger partial charge in [0.1, 0.15) is 0 Å². The van der Waals surface area contributed by atoms with Gasteiger partial charge in [0.2, 0.25) is 0 Å². The molecule has 0 saturated carbocycles. The van der Waals surface area contributed by atoms with Crippen LogP contribution in [0.2, 0.25) is 5.02 Å². The summed E-state index contributed by atoms with van der Waals surface area (Å²) in [6.07, 6.45) is 2.80. The molecule has 0 aliphatic carbocycles. The van der Waals surface area contributed by atoms with Gasteiger partial charge in [-0.3, -0.25) is 9.48 Å². The third kappa shape index (κ3) is 4.40. The Morgan fingerprint density at radius 2 is 1.96 bits per heavy atom. The third-order valence-electron chi connectivity index (χ3n) is 4.16. The largest absolute Gasteiger partial charge is 0.352 e. The van der Waals surface area contributed by atoms with Crippen LogP contribution in [0.4, 0.5) is 0 Å². The number of nitrogens with one attached hydrogen (secondary N) is 1. The lowest BCUT2D eigenvalue weighted by Gasteiger charge is -2.08. The first-order valence-corrected chi connectivity index (χ1v) is 8.89. The lowest BCUT2D eigenvalue weighted by molar-refractivity contribution is 0.0952. The lowest BCUT2D eigenvalue weighted by Crippen LogP contribution is -2.25. The summed E-state index contributed by atoms with van der Waals surface area (Å²) in [4.78, 5) is 12.3. The molecule has 5 heteroatoms. The van der Waals surface area contributed by atoms with Crippen LogP contribution in [0, 0.1) is 5.92 Å². The molecule has 0 aliphatic heterocycles. The molecule has 1 amide bonds. The van der Waals surface area contributed by atoms with Crippen LogP contribution in [0.25, 0.3) is 10.9 Å². The summed E-state index contributed by atoms with van der Waals surface area (Å²) < 4.78 is 1.91. The van der Waals surface area contributed by atoms with Gasteiger partial charge >= 0.3 is 0 Å². The standard InChI is InChI=1S/C20H22ClN3O/c1-14(2)9-10-22-20(25)16-5-6-17-12-23-24(19(17)11-16)13-15-3-7-18(21)8-4-15/h3-8,11-12,14H,9-10,13H2,1-2H3,(H,22,25). The molecule has 2 aromatic carbocycles. The number of hydrogen-bond acceptors (Lipinski definition) is 2. The van der Waals surface area contributed by atoms with E-state index >= 15 is 0 Å². The Labute approximate surface area is 152 Å². The van der Waals surface area contributed by atoms with Crippen LogP contribution in [0.15, 0.2) is 48.7 Å². The molecule has 0 unspecified atom stereocenters. The molecule has 25 heavy (non-hydrogen) atoms. The zero-order valence-corrected chi connectivity index (χ0v) is 15.3. The number of benzene rings is 2. The van der Waals surface area contributed by atoms with Crippen molar-refractivity contribution in [2.75, 3.05) is 6.54 Å². The average Bonchev–Trinajstić information content (AvgIpc) is 2.98. The first-order chi connectivity index (χ1) is 12.0. The normalized spacial score (nSPS) is 11.2. The number of carbonyl (C=O) groups is 1. The Hall–Kier alpha value is -2.33. The molecule has 0 bridgehead atoms. The van der Waals surface area contributed by atoms with Crippen LogP contribution in [-0.2, 0) is 6.54 Å². The SMILES string of the molecule is CC(C)CCNC(=O)c1ccc2cnn(Cc3ccc(Cl)cc3)c2c1. The monoisotopic (exact) mass is 355 g/mol. The lowest BCUT2D eigenvalue weighted by atomic mass is 10.1. The van der Waals surface area contributed by atoms with Crippen LogP contribution in [0.3, 0.4) is 0 Å². The van der Waals surface area contributed by atoms with Crippen molar-refractivity contribution in [2.24, 2.45) is 5.92 Å². The molecule has 1 N–H and O–H groups in total. The van der Waals surface area contributed by atoms with Gasteiger partial charge in [-0.25, -0.2) is 0 Å². The summed E-state index contributed by atoms with van der Waals surface area (Å²) in [7, 11) is 0. The summed E-state index contributed by atoms with van der Waals surface area (Å²) in [6, 6.07) is 13.4. The number of amides is 1. The van der Waals surface area contributed by atoms with E-state index in [1.54, 1.807) is 0 Å². The third-order valence-corrected chi connectivity index (χ3v) is 4.41.